The summed E-state index contributed by atoms with van der Waals surface area (Å²) in [5, 5.41) is 3.75. The van der Waals surface area contributed by atoms with Gasteiger partial charge in [-0.05, 0) is 26.0 Å². The van der Waals surface area contributed by atoms with Crippen molar-refractivity contribution in [3.8, 4) is 0 Å². The zero-order valence-electron chi connectivity index (χ0n) is 14.0. The van der Waals surface area contributed by atoms with Crippen LogP contribution in [0.2, 0.25) is 0 Å². The predicted octanol–water partition coefficient (Wildman–Crippen LogP) is 1.90. The molecule has 24 heavy (non-hydrogen) atoms. The summed E-state index contributed by atoms with van der Waals surface area (Å²) >= 11 is 0. The Morgan fingerprint density at radius 3 is 2.58 bits per heavy atom. The molecule has 1 aliphatic rings. The molecule has 0 bridgehead atoms. The molecule has 0 aliphatic carbocycles. The molecule has 6 nitrogen and oxygen atoms in total. The maximum Gasteiger partial charge on any atom is 0.245 e. The van der Waals surface area contributed by atoms with Crippen molar-refractivity contribution in [3.63, 3.8) is 0 Å². The first-order valence-corrected chi connectivity index (χ1v) is 8.21. The minimum absolute atomic E-state index is 0.0801. The van der Waals surface area contributed by atoms with Crippen molar-refractivity contribution in [2.24, 2.45) is 0 Å². The van der Waals surface area contributed by atoms with Crippen LogP contribution in [0.4, 0.5) is 0 Å². The molecule has 3 rings (SSSR count). The lowest BCUT2D eigenvalue weighted by Crippen LogP contribution is -2.51. The van der Waals surface area contributed by atoms with Gasteiger partial charge in [0.2, 0.25) is 11.8 Å². The van der Waals surface area contributed by atoms with Crippen LogP contribution >= 0.6 is 0 Å². The van der Waals surface area contributed by atoms with Gasteiger partial charge in [0.15, 0.2) is 0 Å². The van der Waals surface area contributed by atoms with Gasteiger partial charge in [-0.25, -0.2) is 0 Å². The van der Waals surface area contributed by atoms with E-state index in [9.17, 15) is 9.59 Å². The number of rotatable bonds is 4. The van der Waals surface area contributed by atoms with Gasteiger partial charge >= 0.3 is 0 Å². The molecule has 128 valence electrons. The maximum absolute atomic E-state index is 12.5. The normalized spacial score (nSPS) is 17.5. The Morgan fingerprint density at radius 1 is 1.17 bits per heavy atom. The Bertz CT molecular complexity index is 700. The van der Waals surface area contributed by atoms with E-state index in [2.05, 4.69) is 5.32 Å². The van der Waals surface area contributed by atoms with Crippen LogP contribution in [0.15, 0.2) is 34.7 Å². The van der Waals surface area contributed by atoms with Crippen molar-refractivity contribution in [3.05, 3.63) is 36.1 Å². The van der Waals surface area contributed by atoms with Gasteiger partial charge in [0.25, 0.3) is 0 Å². The lowest BCUT2D eigenvalue weighted by molar-refractivity contribution is -0.139. The van der Waals surface area contributed by atoms with Gasteiger partial charge in [-0.3, -0.25) is 9.59 Å². The van der Waals surface area contributed by atoms with Crippen LogP contribution < -0.4 is 5.32 Å². The lowest BCUT2D eigenvalue weighted by atomic mass is 10.1. The molecule has 6 heteroatoms. The van der Waals surface area contributed by atoms with Crippen molar-refractivity contribution in [1.29, 1.82) is 0 Å². The van der Waals surface area contributed by atoms with Gasteiger partial charge in [-0.15, -0.1) is 0 Å². The van der Waals surface area contributed by atoms with Gasteiger partial charge < -0.3 is 19.4 Å². The summed E-state index contributed by atoms with van der Waals surface area (Å²) in [5.41, 5.74) is 0.754. The van der Waals surface area contributed by atoms with Crippen molar-refractivity contribution in [2.75, 3.05) is 26.3 Å². The van der Waals surface area contributed by atoms with Crippen molar-refractivity contribution in [2.45, 2.75) is 25.8 Å². The molecule has 1 N–H and O–H groups in total. The highest BCUT2D eigenvalue weighted by atomic mass is 16.5. The first-order chi connectivity index (χ1) is 11.6. The second-order valence-corrected chi connectivity index (χ2v) is 6.08. The molecule has 2 amide bonds. The van der Waals surface area contributed by atoms with Crippen LogP contribution in [-0.2, 0) is 14.3 Å². The fraction of sp³-hybridized carbons (Fsp3) is 0.444. The summed E-state index contributed by atoms with van der Waals surface area (Å²) in [6.45, 7) is 5.71. The third-order valence-corrected chi connectivity index (χ3v) is 4.32. The summed E-state index contributed by atoms with van der Waals surface area (Å²) in [5.74, 6) is -0.163. The molecule has 0 radical (unpaired) electrons. The number of amides is 2. The highest BCUT2D eigenvalue weighted by molar-refractivity contribution is 5.90. The fourth-order valence-corrected chi connectivity index (χ4v) is 2.80. The fourth-order valence-electron chi connectivity index (χ4n) is 2.80. The first-order valence-electron chi connectivity index (χ1n) is 8.21. The summed E-state index contributed by atoms with van der Waals surface area (Å²) in [6.07, 6.45) is 0. The number of fused-ring (bicyclic) bond motifs is 1. The second-order valence-electron chi connectivity index (χ2n) is 6.08. The smallest absolute Gasteiger partial charge is 0.245 e. The van der Waals surface area contributed by atoms with Gasteiger partial charge in [0, 0.05) is 18.5 Å². The molecule has 0 spiro atoms. The Morgan fingerprint density at radius 2 is 1.88 bits per heavy atom. The van der Waals surface area contributed by atoms with Crippen LogP contribution in [0.25, 0.3) is 11.0 Å². The largest absolute Gasteiger partial charge is 0.460 e. The van der Waals surface area contributed by atoms with Gasteiger partial charge in [0.1, 0.15) is 17.4 Å². The second kappa shape index (κ2) is 7.05. The summed E-state index contributed by atoms with van der Waals surface area (Å²) in [7, 11) is 0. The predicted molar refractivity (Wildman–Crippen MR) is 89.6 cm³/mol. The van der Waals surface area contributed by atoms with E-state index in [1.807, 2.05) is 30.3 Å². The molecular weight excluding hydrogens is 308 g/mol. The van der Waals surface area contributed by atoms with Crippen molar-refractivity contribution in [1.82, 2.24) is 10.2 Å². The molecule has 0 saturated carbocycles. The number of carbonyl (C=O) groups excluding carboxylic acids is 2. The quantitative estimate of drug-likeness (QED) is 0.929. The van der Waals surface area contributed by atoms with Crippen LogP contribution in [0.5, 0.6) is 0 Å². The number of furan rings is 1. The number of benzene rings is 1. The average Bonchev–Trinajstić information content (AvgIpc) is 3.05. The number of hydrogen-bond donors (Lipinski definition) is 1. The summed E-state index contributed by atoms with van der Waals surface area (Å²) in [6, 6.07) is 8.93. The molecule has 0 unspecified atom stereocenters. The minimum Gasteiger partial charge on any atom is -0.460 e. The van der Waals surface area contributed by atoms with Gasteiger partial charge in [-0.1, -0.05) is 18.2 Å². The zero-order valence-corrected chi connectivity index (χ0v) is 14.0. The molecule has 2 atom stereocenters. The number of para-hydroxylation sites is 1. The molecule has 1 aliphatic heterocycles. The van der Waals surface area contributed by atoms with Gasteiger partial charge in [-0.2, -0.15) is 0 Å². The van der Waals surface area contributed by atoms with Crippen molar-refractivity contribution >= 4 is 22.8 Å². The maximum atomic E-state index is 12.5. The summed E-state index contributed by atoms with van der Waals surface area (Å²) < 4.78 is 11.0. The Labute approximate surface area is 140 Å². The zero-order chi connectivity index (χ0) is 17.1. The van der Waals surface area contributed by atoms with Crippen molar-refractivity contribution < 1.29 is 18.7 Å². The van der Waals surface area contributed by atoms with Crippen LogP contribution in [0.1, 0.15) is 25.5 Å². The molecule has 1 saturated heterocycles. The Kier molecular flexibility index (Phi) is 4.85. The highest BCUT2D eigenvalue weighted by Gasteiger charge is 2.26. The number of ether oxygens (including phenoxy) is 1. The monoisotopic (exact) mass is 330 g/mol. The number of carbonyl (C=O) groups is 2. The lowest BCUT2D eigenvalue weighted by Gasteiger charge is -2.29. The third kappa shape index (κ3) is 3.43. The van der Waals surface area contributed by atoms with E-state index in [1.54, 1.807) is 18.7 Å². The third-order valence-electron chi connectivity index (χ3n) is 4.32. The molecular formula is C18H22N2O4. The summed E-state index contributed by atoms with van der Waals surface area (Å²) in [4.78, 5) is 26.5. The molecule has 1 aromatic heterocycles. The minimum atomic E-state index is -0.567. The Hall–Kier alpha value is -2.34. The van der Waals surface area contributed by atoms with Crippen LogP contribution in [-0.4, -0.2) is 49.1 Å². The van der Waals surface area contributed by atoms with E-state index in [0.717, 1.165) is 11.0 Å². The number of morpholine rings is 1. The van der Waals surface area contributed by atoms with E-state index < -0.39 is 12.0 Å². The number of nitrogens with zero attached hydrogens (tertiary/aromatic N) is 1. The van der Waals surface area contributed by atoms with E-state index >= 15 is 0 Å². The van der Waals surface area contributed by atoms with Crippen LogP contribution in [0.3, 0.4) is 0 Å². The number of nitrogens with one attached hydrogen (secondary N) is 1. The van der Waals surface area contributed by atoms with E-state index in [0.29, 0.717) is 32.1 Å². The van der Waals surface area contributed by atoms with E-state index in [4.69, 9.17) is 9.15 Å². The van der Waals surface area contributed by atoms with E-state index in [1.165, 1.54) is 0 Å². The topological polar surface area (TPSA) is 71.8 Å². The van der Waals surface area contributed by atoms with Crippen LogP contribution in [0, 0.1) is 0 Å². The van der Waals surface area contributed by atoms with E-state index in [-0.39, 0.29) is 11.8 Å². The Balaban J connectivity index is 1.63. The first kappa shape index (κ1) is 16.5. The molecule has 2 heterocycles. The SMILES string of the molecule is C[C@@H](NC(=O)[C@H](C)c1cc2ccccc2o1)C(=O)N1CCOCC1. The average molecular weight is 330 g/mol. The molecule has 1 fully saturated rings. The molecule has 1 aromatic carbocycles. The number of hydrogen-bond acceptors (Lipinski definition) is 4. The van der Waals surface area contributed by atoms with Gasteiger partial charge in [0.05, 0.1) is 19.1 Å². The standard InChI is InChI=1S/C18H22N2O4/c1-12(16-11-14-5-3-4-6-15(14)24-16)17(21)19-13(2)18(22)20-7-9-23-10-8-20/h3-6,11-13H,7-10H2,1-2H3,(H,19,21)/t12-,13-/m1/s1. The molecule has 2 aromatic rings. The highest BCUT2D eigenvalue weighted by Crippen LogP contribution is 2.25.